The fraction of sp³-hybridized carbons (Fsp3) is 0.350. The van der Waals surface area contributed by atoms with E-state index in [1.165, 1.54) is 0 Å². The van der Waals surface area contributed by atoms with Gasteiger partial charge in [0.1, 0.15) is 0 Å². The number of nitrogens with one attached hydrogen (secondary N) is 1. The molecule has 1 aliphatic rings. The van der Waals surface area contributed by atoms with Gasteiger partial charge in [0, 0.05) is 17.5 Å². The van der Waals surface area contributed by atoms with E-state index in [1.807, 2.05) is 39.2 Å². The summed E-state index contributed by atoms with van der Waals surface area (Å²) in [7, 11) is 4.02. The third-order valence-electron chi connectivity index (χ3n) is 5.30. The molecule has 130 valence electrons. The predicted molar refractivity (Wildman–Crippen MR) is 99.9 cm³/mol. The van der Waals surface area contributed by atoms with E-state index in [4.69, 9.17) is 4.98 Å². The van der Waals surface area contributed by atoms with Crippen LogP contribution in [0.5, 0.6) is 0 Å². The van der Waals surface area contributed by atoms with Gasteiger partial charge in [-0.25, -0.2) is 4.98 Å². The molecule has 3 atom stereocenters. The number of nitrogens with zero attached hydrogens (tertiary/aromatic N) is 3. The number of rotatable bonds is 2. The minimum Gasteiger partial charge on any atom is -0.389 e. The van der Waals surface area contributed by atoms with Gasteiger partial charge in [-0.3, -0.25) is 4.90 Å². The van der Waals surface area contributed by atoms with Crippen LogP contribution in [0, 0.1) is 13.8 Å². The molecule has 0 fully saturated rings. The standard InChI is InChI=1S/C20H24N4O/c1-12-13(2)24-11-10-15-17(20(24)21-12)22-16(14-8-6-5-7-9-14)19(25)18(15)23(3)4/h5-11,16,18-19,22,25H,1-4H3/t16-,18-,19+/m1/s1. The van der Waals surface area contributed by atoms with E-state index in [0.29, 0.717) is 0 Å². The molecule has 0 spiro atoms. The predicted octanol–water partition coefficient (Wildman–Crippen LogP) is 3.08. The lowest BCUT2D eigenvalue weighted by atomic mass is 9.86. The molecular formula is C20H24N4O. The highest BCUT2D eigenvalue weighted by atomic mass is 16.3. The van der Waals surface area contributed by atoms with Crippen molar-refractivity contribution in [3.8, 4) is 0 Å². The number of aryl methyl sites for hydroxylation is 2. The van der Waals surface area contributed by atoms with Gasteiger partial charge < -0.3 is 14.8 Å². The summed E-state index contributed by atoms with van der Waals surface area (Å²) < 4.78 is 2.12. The van der Waals surface area contributed by atoms with E-state index >= 15 is 0 Å². The second kappa shape index (κ2) is 5.86. The minimum absolute atomic E-state index is 0.0937. The molecule has 3 aromatic rings. The van der Waals surface area contributed by atoms with Crippen molar-refractivity contribution in [2.45, 2.75) is 32.0 Å². The van der Waals surface area contributed by atoms with E-state index in [1.54, 1.807) is 0 Å². The van der Waals surface area contributed by atoms with Gasteiger partial charge >= 0.3 is 0 Å². The topological polar surface area (TPSA) is 52.8 Å². The van der Waals surface area contributed by atoms with Gasteiger partial charge in [0.25, 0.3) is 0 Å². The number of imidazole rings is 1. The average Bonchev–Trinajstić information content (AvgIpc) is 2.89. The van der Waals surface area contributed by atoms with Crippen LogP contribution in [-0.4, -0.2) is 39.6 Å². The van der Waals surface area contributed by atoms with Gasteiger partial charge in [0.05, 0.1) is 29.6 Å². The Hall–Kier alpha value is -2.37. The van der Waals surface area contributed by atoms with E-state index in [2.05, 4.69) is 45.9 Å². The number of aliphatic hydroxyl groups is 1. The van der Waals surface area contributed by atoms with Gasteiger partial charge in [0.2, 0.25) is 0 Å². The molecule has 4 rings (SSSR count). The molecule has 5 nitrogen and oxygen atoms in total. The first-order chi connectivity index (χ1) is 12.0. The van der Waals surface area contributed by atoms with Crippen LogP contribution in [0.4, 0.5) is 5.69 Å². The van der Waals surface area contributed by atoms with E-state index < -0.39 is 6.10 Å². The van der Waals surface area contributed by atoms with Crippen molar-refractivity contribution >= 4 is 11.3 Å². The third-order valence-corrected chi connectivity index (χ3v) is 5.30. The Labute approximate surface area is 147 Å². The summed E-state index contributed by atoms with van der Waals surface area (Å²) >= 11 is 0. The van der Waals surface area contributed by atoms with Gasteiger partial charge in [0.15, 0.2) is 5.65 Å². The first-order valence-electron chi connectivity index (χ1n) is 8.63. The monoisotopic (exact) mass is 336 g/mol. The van der Waals surface area contributed by atoms with Crippen molar-refractivity contribution in [1.29, 1.82) is 0 Å². The summed E-state index contributed by atoms with van der Waals surface area (Å²) in [4.78, 5) is 6.86. The van der Waals surface area contributed by atoms with Gasteiger partial charge in [-0.1, -0.05) is 30.3 Å². The van der Waals surface area contributed by atoms with Gasteiger partial charge in [-0.15, -0.1) is 0 Å². The van der Waals surface area contributed by atoms with E-state index in [-0.39, 0.29) is 12.1 Å². The maximum Gasteiger partial charge on any atom is 0.161 e. The first-order valence-corrected chi connectivity index (χ1v) is 8.63. The zero-order valence-electron chi connectivity index (χ0n) is 15.1. The molecule has 2 aromatic heterocycles. The minimum atomic E-state index is -0.551. The molecule has 0 amide bonds. The molecular weight excluding hydrogens is 312 g/mol. The van der Waals surface area contributed by atoms with E-state index in [9.17, 15) is 5.11 Å². The highest BCUT2D eigenvalue weighted by molar-refractivity contribution is 5.75. The summed E-state index contributed by atoms with van der Waals surface area (Å²) in [6, 6.07) is 12.0. The Kier molecular flexibility index (Phi) is 3.78. The van der Waals surface area contributed by atoms with Crippen LogP contribution in [0.1, 0.15) is 34.6 Å². The second-order valence-corrected chi connectivity index (χ2v) is 7.05. The summed E-state index contributed by atoms with van der Waals surface area (Å²) in [5, 5.41) is 14.7. The molecule has 0 unspecified atom stereocenters. The average molecular weight is 336 g/mol. The van der Waals surface area contributed by atoms with Crippen LogP contribution in [0.25, 0.3) is 5.65 Å². The highest BCUT2D eigenvalue weighted by Crippen LogP contribution is 2.43. The zero-order valence-corrected chi connectivity index (χ0v) is 15.1. The lowest BCUT2D eigenvalue weighted by molar-refractivity contribution is 0.0551. The molecule has 0 aliphatic carbocycles. The fourth-order valence-electron chi connectivity index (χ4n) is 3.88. The van der Waals surface area contributed by atoms with Crippen molar-refractivity contribution < 1.29 is 5.11 Å². The molecule has 5 heteroatoms. The van der Waals surface area contributed by atoms with Crippen molar-refractivity contribution in [3.05, 3.63) is 65.1 Å². The molecule has 0 radical (unpaired) electrons. The lowest BCUT2D eigenvalue weighted by Crippen LogP contribution is -2.42. The number of pyridine rings is 1. The smallest absolute Gasteiger partial charge is 0.161 e. The second-order valence-electron chi connectivity index (χ2n) is 7.05. The summed E-state index contributed by atoms with van der Waals surface area (Å²) in [5.74, 6) is 0. The Balaban J connectivity index is 1.93. The van der Waals surface area contributed by atoms with Gasteiger partial charge in [-0.05, 0) is 39.6 Å². The quantitative estimate of drug-likeness (QED) is 0.755. The van der Waals surface area contributed by atoms with Crippen molar-refractivity contribution in [2.24, 2.45) is 0 Å². The Morgan fingerprint density at radius 1 is 1.12 bits per heavy atom. The van der Waals surface area contributed by atoms with Crippen LogP contribution in [0.2, 0.25) is 0 Å². The maximum absolute atomic E-state index is 11.1. The normalized spacial score (nSPS) is 22.9. The van der Waals surface area contributed by atoms with Crippen LogP contribution in [0.15, 0.2) is 42.6 Å². The zero-order chi connectivity index (χ0) is 17.7. The number of aliphatic hydroxyl groups excluding tert-OH is 1. The SMILES string of the molecule is Cc1nc2c3c(ccn2c1C)[C@@H](N(C)C)[C@@H](O)[C@@H](c1ccccc1)N3. The fourth-order valence-corrected chi connectivity index (χ4v) is 3.88. The van der Waals surface area contributed by atoms with Crippen molar-refractivity contribution in [2.75, 3.05) is 19.4 Å². The molecule has 1 aliphatic heterocycles. The Morgan fingerprint density at radius 2 is 1.84 bits per heavy atom. The number of aromatic nitrogens is 2. The number of benzene rings is 1. The first kappa shape index (κ1) is 16.1. The van der Waals surface area contributed by atoms with Crippen LogP contribution < -0.4 is 5.32 Å². The van der Waals surface area contributed by atoms with Crippen molar-refractivity contribution in [1.82, 2.24) is 14.3 Å². The molecule has 25 heavy (non-hydrogen) atoms. The Bertz CT molecular complexity index is 916. The molecule has 3 heterocycles. The maximum atomic E-state index is 11.1. The molecule has 1 aromatic carbocycles. The largest absolute Gasteiger partial charge is 0.389 e. The van der Waals surface area contributed by atoms with E-state index in [0.717, 1.165) is 33.8 Å². The lowest BCUT2D eigenvalue weighted by Gasteiger charge is -2.41. The molecule has 0 bridgehead atoms. The summed E-state index contributed by atoms with van der Waals surface area (Å²) in [5.41, 5.74) is 6.27. The van der Waals surface area contributed by atoms with Crippen LogP contribution in [-0.2, 0) is 0 Å². The van der Waals surface area contributed by atoms with Crippen LogP contribution in [0.3, 0.4) is 0 Å². The molecule has 0 saturated carbocycles. The summed E-state index contributed by atoms with van der Waals surface area (Å²) in [6.07, 6.45) is 1.50. The van der Waals surface area contributed by atoms with Gasteiger partial charge in [-0.2, -0.15) is 0 Å². The third kappa shape index (κ3) is 2.42. The highest BCUT2D eigenvalue weighted by Gasteiger charge is 2.38. The number of fused-ring (bicyclic) bond motifs is 3. The number of anilines is 1. The Morgan fingerprint density at radius 3 is 2.52 bits per heavy atom. The van der Waals surface area contributed by atoms with Crippen LogP contribution >= 0.6 is 0 Å². The van der Waals surface area contributed by atoms with Crippen molar-refractivity contribution in [3.63, 3.8) is 0 Å². The number of hydrogen-bond acceptors (Lipinski definition) is 4. The number of likely N-dealkylation sites (N-methyl/N-ethyl adjacent to an activating group) is 1. The number of hydrogen-bond donors (Lipinski definition) is 2. The molecule has 0 saturated heterocycles. The summed E-state index contributed by atoms with van der Waals surface area (Å²) in [6.45, 7) is 4.11. The molecule has 2 N–H and O–H groups in total.